The summed E-state index contributed by atoms with van der Waals surface area (Å²) in [5, 5.41) is 5.04. The van der Waals surface area contributed by atoms with Crippen LogP contribution < -0.4 is 5.32 Å². The third kappa shape index (κ3) is 3.26. The number of rotatable bonds is 5. The van der Waals surface area contributed by atoms with Gasteiger partial charge in [-0.05, 0) is 31.0 Å². The maximum absolute atomic E-state index is 12.5. The molecule has 4 heteroatoms. The van der Waals surface area contributed by atoms with Gasteiger partial charge < -0.3 is 10.2 Å². The lowest BCUT2D eigenvalue weighted by Gasteiger charge is -2.17. The van der Waals surface area contributed by atoms with Crippen molar-refractivity contribution < 1.29 is 4.79 Å². The fourth-order valence-corrected chi connectivity index (χ4v) is 2.90. The highest BCUT2D eigenvalue weighted by molar-refractivity contribution is 7.12. The van der Waals surface area contributed by atoms with Crippen LogP contribution in [0, 0.1) is 6.92 Å². The first kappa shape index (κ1) is 14.8. The number of aryl methyl sites for hydroxylation is 1. The first-order chi connectivity index (χ1) is 9.63. The average Bonchev–Trinajstić information content (AvgIpc) is 2.94. The largest absolute Gasteiger partial charge is 0.340 e. The molecule has 106 valence electrons. The van der Waals surface area contributed by atoms with Crippen LogP contribution in [0.15, 0.2) is 35.7 Å². The Morgan fingerprint density at radius 2 is 1.95 bits per heavy atom. The van der Waals surface area contributed by atoms with Gasteiger partial charge in [-0.25, -0.2) is 0 Å². The van der Waals surface area contributed by atoms with Crippen LogP contribution in [0.25, 0.3) is 11.1 Å². The van der Waals surface area contributed by atoms with Crippen LogP contribution in [-0.4, -0.2) is 38.0 Å². The van der Waals surface area contributed by atoms with Crippen molar-refractivity contribution in [3.63, 3.8) is 0 Å². The molecular weight excluding hydrogens is 268 g/mol. The Labute approximate surface area is 124 Å². The summed E-state index contributed by atoms with van der Waals surface area (Å²) < 4.78 is 0. The highest BCUT2D eigenvalue weighted by atomic mass is 32.1. The number of nitrogens with one attached hydrogen (secondary N) is 1. The number of thiophene rings is 1. The van der Waals surface area contributed by atoms with Gasteiger partial charge in [-0.15, -0.1) is 11.3 Å². The summed E-state index contributed by atoms with van der Waals surface area (Å²) in [5.41, 5.74) is 3.35. The molecule has 0 fully saturated rings. The van der Waals surface area contributed by atoms with Crippen LogP contribution in [0.5, 0.6) is 0 Å². The molecule has 1 aromatic heterocycles. The van der Waals surface area contributed by atoms with Crippen LogP contribution in [0.2, 0.25) is 0 Å². The van der Waals surface area contributed by atoms with Gasteiger partial charge in [0.25, 0.3) is 5.91 Å². The molecule has 0 radical (unpaired) electrons. The lowest BCUT2D eigenvalue weighted by atomic mass is 10.0. The van der Waals surface area contributed by atoms with Gasteiger partial charge >= 0.3 is 0 Å². The van der Waals surface area contributed by atoms with E-state index in [0.717, 1.165) is 22.5 Å². The molecule has 1 N–H and O–H groups in total. The van der Waals surface area contributed by atoms with Crippen molar-refractivity contribution in [2.75, 3.05) is 27.2 Å². The molecule has 0 bridgehead atoms. The van der Waals surface area contributed by atoms with Gasteiger partial charge in [0.05, 0.1) is 4.88 Å². The summed E-state index contributed by atoms with van der Waals surface area (Å²) in [6.07, 6.45) is 0. The van der Waals surface area contributed by atoms with Crippen molar-refractivity contribution in [2.45, 2.75) is 6.92 Å². The van der Waals surface area contributed by atoms with Gasteiger partial charge in [0.1, 0.15) is 0 Å². The molecule has 0 unspecified atom stereocenters. The molecule has 1 aromatic carbocycles. The van der Waals surface area contributed by atoms with E-state index < -0.39 is 0 Å². The smallest absolute Gasteiger partial charge is 0.264 e. The first-order valence-electron chi connectivity index (χ1n) is 6.68. The quantitative estimate of drug-likeness (QED) is 0.917. The van der Waals surface area contributed by atoms with E-state index in [0.29, 0.717) is 6.54 Å². The van der Waals surface area contributed by atoms with Gasteiger partial charge in [-0.1, -0.05) is 29.8 Å². The summed E-state index contributed by atoms with van der Waals surface area (Å²) in [6, 6.07) is 10.3. The topological polar surface area (TPSA) is 32.3 Å². The van der Waals surface area contributed by atoms with E-state index in [9.17, 15) is 4.79 Å². The van der Waals surface area contributed by atoms with E-state index in [2.05, 4.69) is 36.5 Å². The first-order valence-corrected chi connectivity index (χ1v) is 7.56. The molecular formula is C16H20N2OS. The molecule has 0 spiro atoms. The van der Waals surface area contributed by atoms with Crippen LogP contribution in [0.1, 0.15) is 15.2 Å². The van der Waals surface area contributed by atoms with Gasteiger partial charge in [0.15, 0.2) is 0 Å². The van der Waals surface area contributed by atoms with Crippen molar-refractivity contribution in [3.8, 4) is 11.1 Å². The Hall–Kier alpha value is -1.65. The number of benzene rings is 1. The van der Waals surface area contributed by atoms with Crippen molar-refractivity contribution >= 4 is 17.2 Å². The molecule has 1 amide bonds. The normalized spacial score (nSPS) is 10.6. The number of carbonyl (C=O) groups excluding carboxylic acids is 1. The van der Waals surface area contributed by atoms with Crippen LogP contribution in [0.4, 0.5) is 0 Å². The number of nitrogens with zero attached hydrogens (tertiary/aromatic N) is 1. The predicted molar refractivity (Wildman–Crippen MR) is 85.4 cm³/mol. The molecule has 0 saturated carbocycles. The van der Waals surface area contributed by atoms with E-state index in [1.807, 2.05) is 25.5 Å². The van der Waals surface area contributed by atoms with Crippen molar-refractivity contribution in [1.29, 1.82) is 0 Å². The lowest BCUT2D eigenvalue weighted by Crippen LogP contribution is -2.32. The molecule has 0 aliphatic heterocycles. The van der Waals surface area contributed by atoms with Gasteiger partial charge in [-0.2, -0.15) is 0 Å². The van der Waals surface area contributed by atoms with E-state index in [1.54, 1.807) is 4.90 Å². The summed E-state index contributed by atoms with van der Waals surface area (Å²) in [6.45, 7) is 3.57. The van der Waals surface area contributed by atoms with Crippen molar-refractivity contribution in [2.24, 2.45) is 0 Å². The van der Waals surface area contributed by atoms with Crippen LogP contribution >= 0.6 is 11.3 Å². The van der Waals surface area contributed by atoms with Crippen LogP contribution in [-0.2, 0) is 0 Å². The van der Waals surface area contributed by atoms with Gasteiger partial charge in [0.2, 0.25) is 0 Å². The van der Waals surface area contributed by atoms with Crippen LogP contribution in [0.3, 0.4) is 0 Å². The zero-order valence-corrected chi connectivity index (χ0v) is 13.0. The predicted octanol–water partition coefficient (Wildman–Crippen LogP) is 3.01. The van der Waals surface area contributed by atoms with E-state index >= 15 is 0 Å². The van der Waals surface area contributed by atoms with Gasteiger partial charge in [0, 0.05) is 25.7 Å². The Morgan fingerprint density at radius 1 is 1.25 bits per heavy atom. The molecule has 20 heavy (non-hydrogen) atoms. The second-order valence-corrected chi connectivity index (χ2v) is 5.78. The maximum atomic E-state index is 12.5. The Bertz CT molecular complexity index is 574. The third-order valence-electron chi connectivity index (χ3n) is 3.27. The SMILES string of the molecule is CNCCN(C)C(=O)c1sccc1-c1ccc(C)cc1. The zero-order chi connectivity index (χ0) is 14.5. The Morgan fingerprint density at radius 3 is 2.60 bits per heavy atom. The Kier molecular flexibility index (Phi) is 4.93. The number of amides is 1. The molecule has 2 aromatic rings. The molecule has 1 heterocycles. The van der Waals surface area contributed by atoms with E-state index in [1.165, 1.54) is 16.9 Å². The number of likely N-dealkylation sites (N-methyl/N-ethyl adjacent to an activating group) is 2. The zero-order valence-electron chi connectivity index (χ0n) is 12.1. The average molecular weight is 288 g/mol. The highest BCUT2D eigenvalue weighted by Gasteiger charge is 2.17. The van der Waals surface area contributed by atoms with Crippen molar-refractivity contribution in [1.82, 2.24) is 10.2 Å². The minimum Gasteiger partial charge on any atom is -0.340 e. The minimum atomic E-state index is 0.0887. The number of hydrogen-bond acceptors (Lipinski definition) is 3. The fraction of sp³-hybridized carbons (Fsp3) is 0.312. The summed E-state index contributed by atoms with van der Waals surface area (Å²) in [7, 11) is 3.74. The Balaban J connectivity index is 2.24. The molecule has 0 atom stereocenters. The fourth-order valence-electron chi connectivity index (χ4n) is 1.99. The molecule has 2 rings (SSSR count). The monoisotopic (exact) mass is 288 g/mol. The van der Waals surface area contributed by atoms with Crippen molar-refractivity contribution in [3.05, 3.63) is 46.2 Å². The second kappa shape index (κ2) is 6.68. The van der Waals surface area contributed by atoms with E-state index in [-0.39, 0.29) is 5.91 Å². The summed E-state index contributed by atoms with van der Waals surface area (Å²) in [5.74, 6) is 0.0887. The molecule has 0 aliphatic carbocycles. The minimum absolute atomic E-state index is 0.0887. The molecule has 3 nitrogen and oxygen atoms in total. The van der Waals surface area contributed by atoms with Gasteiger partial charge in [-0.3, -0.25) is 4.79 Å². The molecule has 0 aliphatic rings. The lowest BCUT2D eigenvalue weighted by molar-refractivity contribution is 0.0802. The third-order valence-corrected chi connectivity index (χ3v) is 4.17. The standard InChI is InChI=1S/C16H20N2OS/c1-12-4-6-13(7-5-12)14-8-11-20-15(14)16(19)18(3)10-9-17-2/h4-8,11,17H,9-10H2,1-3H3. The number of hydrogen-bond donors (Lipinski definition) is 1. The maximum Gasteiger partial charge on any atom is 0.264 e. The number of carbonyl (C=O) groups is 1. The van der Waals surface area contributed by atoms with E-state index in [4.69, 9.17) is 0 Å². The summed E-state index contributed by atoms with van der Waals surface area (Å²) in [4.78, 5) is 15.1. The molecule has 0 saturated heterocycles. The second-order valence-electron chi connectivity index (χ2n) is 4.86. The highest BCUT2D eigenvalue weighted by Crippen LogP contribution is 2.29. The summed E-state index contributed by atoms with van der Waals surface area (Å²) >= 11 is 1.51.